The van der Waals surface area contributed by atoms with Crippen LogP contribution in [0, 0.1) is 6.92 Å². The van der Waals surface area contributed by atoms with Crippen LogP contribution in [0.2, 0.25) is 0 Å². The van der Waals surface area contributed by atoms with Crippen molar-refractivity contribution in [2.45, 2.75) is 31.6 Å². The van der Waals surface area contributed by atoms with Crippen molar-refractivity contribution < 1.29 is 17.7 Å². The Morgan fingerprint density at radius 1 is 1.33 bits per heavy atom. The van der Waals surface area contributed by atoms with Gasteiger partial charge in [0, 0.05) is 6.07 Å². The summed E-state index contributed by atoms with van der Waals surface area (Å²) in [5.74, 6) is 0.973. The number of hydrogen-bond acceptors (Lipinski definition) is 5. The molecule has 2 aromatic rings. The largest absolute Gasteiger partial charge is 0.496 e. The normalized spacial score (nSPS) is 11.7. The lowest BCUT2D eigenvalue weighted by atomic mass is 10.0. The van der Waals surface area contributed by atoms with E-state index in [-0.39, 0.29) is 16.6 Å². The van der Waals surface area contributed by atoms with Crippen LogP contribution in [0.1, 0.15) is 30.9 Å². The highest BCUT2D eigenvalue weighted by molar-refractivity contribution is 7.92. The van der Waals surface area contributed by atoms with Crippen molar-refractivity contribution in [1.29, 1.82) is 0 Å². The van der Waals surface area contributed by atoms with Crippen LogP contribution in [0.3, 0.4) is 0 Å². The Balaban J connectivity index is 2.50. The third kappa shape index (κ3) is 3.18. The Morgan fingerprint density at radius 2 is 2.05 bits per heavy atom. The standard InChI is InChI=1S/C14H18N2O4S/c1-9(2)11-8-13(10(3)7-12(11)19-4)21(17,18)16-14-5-6-20-15-14/h5-9H,1-4H3,(H,15,16). The molecule has 0 bridgehead atoms. The SMILES string of the molecule is COc1cc(C)c(S(=O)(=O)Nc2ccon2)cc1C(C)C. The molecule has 7 heteroatoms. The van der Waals surface area contributed by atoms with Crippen molar-refractivity contribution >= 4 is 15.8 Å². The third-order valence-corrected chi connectivity index (χ3v) is 4.61. The summed E-state index contributed by atoms with van der Waals surface area (Å²) in [6.07, 6.45) is 1.30. The summed E-state index contributed by atoms with van der Waals surface area (Å²) in [6.45, 7) is 5.69. The van der Waals surface area contributed by atoms with Crippen molar-refractivity contribution in [3.63, 3.8) is 0 Å². The Morgan fingerprint density at radius 3 is 2.57 bits per heavy atom. The van der Waals surface area contributed by atoms with Crippen molar-refractivity contribution in [3.8, 4) is 5.75 Å². The molecular formula is C14H18N2O4S. The lowest BCUT2D eigenvalue weighted by Crippen LogP contribution is -2.15. The van der Waals surface area contributed by atoms with Gasteiger partial charge in [-0.1, -0.05) is 19.0 Å². The van der Waals surface area contributed by atoms with E-state index >= 15 is 0 Å². The molecule has 0 unspecified atom stereocenters. The number of aromatic nitrogens is 1. The van der Waals surface area contributed by atoms with Crippen molar-refractivity contribution in [2.75, 3.05) is 11.8 Å². The number of rotatable bonds is 5. The van der Waals surface area contributed by atoms with Crippen LogP contribution in [0.5, 0.6) is 5.75 Å². The second kappa shape index (κ2) is 5.77. The number of ether oxygens (including phenoxy) is 1. The first kappa shape index (κ1) is 15.4. The first-order valence-electron chi connectivity index (χ1n) is 6.47. The van der Waals surface area contributed by atoms with Crippen molar-refractivity contribution in [3.05, 3.63) is 35.6 Å². The van der Waals surface area contributed by atoms with Crippen LogP contribution >= 0.6 is 0 Å². The van der Waals surface area contributed by atoms with E-state index in [0.29, 0.717) is 11.3 Å². The van der Waals surface area contributed by atoms with Gasteiger partial charge in [0.2, 0.25) is 0 Å². The van der Waals surface area contributed by atoms with Crippen LogP contribution in [-0.2, 0) is 10.0 Å². The minimum absolute atomic E-state index is 0.140. The number of nitrogens with one attached hydrogen (secondary N) is 1. The predicted molar refractivity (Wildman–Crippen MR) is 79.1 cm³/mol. The summed E-state index contributed by atoms with van der Waals surface area (Å²) in [5.41, 5.74) is 1.44. The molecule has 6 nitrogen and oxygen atoms in total. The van der Waals surface area contributed by atoms with Gasteiger partial charge in [0.25, 0.3) is 10.0 Å². The van der Waals surface area contributed by atoms with Gasteiger partial charge in [0.1, 0.15) is 12.0 Å². The van der Waals surface area contributed by atoms with Crippen LogP contribution in [-0.4, -0.2) is 20.7 Å². The second-order valence-electron chi connectivity index (χ2n) is 5.00. The maximum absolute atomic E-state index is 12.5. The molecule has 0 amide bonds. The molecule has 1 aromatic heterocycles. The summed E-state index contributed by atoms with van der Waals surface area (Å²) in [5, 5.41) is 3.56. The van der Waals surface area contributed by atoms with E-state index in [4.69, 9.17) is 4.74 Å². The number of benzene rings is 1. The number of hydrogen-bond donors (Lipinski definition) is 1. The number of sulfonamides is 1. The highest BCUT2D eigenvalue weighted by Gasteiger charge is 2.21. The molecule has 0 saturated heterocycles. The molecule has 0 aliphatic heterocycles. The Bertz CT molecular complexity index is 722. The molecule has 0 aliphatic rings. The fourth-order valence-electron chi connectivity index (χ4n) is 2.05. The topological polar surface area (TPSA) is 81.4 Å². The summed E-state index contributed by atoms with van der Waals surface area (Å²) in [7, 11) is -2.15. The van der Waals surface area contributed by atoms with E-state index < -0.39 is 10.0 Å². The maximum atomic E-state index is 12.5. The highest BCUT2D eigenvalue weighted by Crippen LogP contribution is 2.32. The number of nitrogens with zero attached hydrogens (tertiary/aromatic N) is 1. The quantitative estimate of drug-likeness (QED) is 0.918. The molecule has 0 fully saturated rings. The minimum atomic E-state index is -3.72. The molecule has 2 rings (SSSR count). The molecular weight excluding hydrogens is 292 g/mol. The smallest absolute Gasteiger partial charge is 0.263 e. The third-order valence-electron chi connectivity index (χ3n) is 3.12. The van der Waals surface area contributed by atoms with E-state index in [1.807, 2.05) is 13.8 Å². The van der Waals surface area contributed by atoms with Gasteiger partial charge in [-0.2, -0.15) is 0 Å². The van der Waals surface area contributed by atoms with E-state index in [9.17, 15) is 8.42 Å². The first-order valence-corrected chi connectivity index (χ1v) is 7.95. The molecule has 0 atom stereocenters. The van der Waals surface area contributed by atoms with Gasteiger partial charge in [0.15, 0.2) is 5.82 Å². The zero-order valence-electron chi connectivity index (χ0n) is 12.4. The van der Waals surface area contributed by atoms with E-state index in [1.54, 1.807) is 26.2 Å². The van der Waals surface area contributed by atoms with Crippen molar-refractivity contribution in [1.82, 2.24) is 5.16 Å². The van der Waals surface area contributed by atoms with Crippen LogP contribution < -0.4 is 9.46 Å². The van der Waals surface area contributed by atoms with Crippen molar-refractivity contribution in [2.24, 2.45) is 0 Å². The molecule has 1 aromatic carbocycles. The van der Waals surface area contributed by atoms with Gasteiger partial charge in [-0.3, -0.25) is 4.72 Å². The van der Waals surface area contributed by atoms with Gasteiger partial charge in [0.05, 0.1) is 12.0 Å². The maximum Gasteiger partial charge on any atom is 0.263 e. The monoisotopic (exact) mass is 310 g/mol. The average molecular weight is 310 g/mol. The zero-order valence-corrected chi connectivity index (χ0v) is 13.2. The lowest BCUT2D eigenvalue weighted by Gasteiger charge is -2.16. The van der Waals surface area contributed by atoms with Gasteiger partial charge < -0.3 is 9.26 Å². The fourth-order valence-corrected chi connectivity index (χ4v) is 3.31. The van der Waals surface area contributed by atoms with Crippen LogP contribution in [0.25, 0.3) is 0 Å². The number of anilines is 1. The summed E-state index contributed by atoms with van der Waals surface area (Å²) < 4.78 is 37.3. The van der Waals surface area contributed by atoms with Crippen LogP contribution in [0.15, 0.2) is 33.9 Å². The van der Waals surface area contributed by atoms with E-state index in [1.165, 1.54) is 12.3 Å². The minimum Gasteiger partial charge on any atom is -0.496 e. The lowest BCUT2D eigenvalue weighted by molar-refractivity contribution is 0.406. The Kier molecular flexibility index (Phi) is 4.22. The molecule has 114 valence electrons. The highest BCUT2D eigenvalue weighted by atomic mass is 32.2. The van der Waals surface area contributed by atoms with E-state index in [0.717, 1.165) is 5.56 Å². The van der Waals surface area contributed by atoms with Gasteiger partial charge in [-0.15, -0.1) is 0 Å². The first-order chi connectivity index (χ1) is 9.85. The summed E-state index contributed by atoms with van der Waals surface area (Å²) in [4.78, 5) is 0.204. The molecule has 21 heavy (non-hydrogen) atoms. The molecule has 0 spiro atoms. The molecule has 0 saturated carbocycles. The van der Waals surface area contributed by atoms with E-state index in [2.05, 4.69) is 14.4 Å². The van der Waals surface area contributed by atoms with Crippen LogP contribution in [0.4, 0.5) is 5.82 Å². The van der Waals surface area contributed by atoms with Gasteiger partial charge in [-0.25, -0.2) is 8.42 Å². The zero-order chi connectivity index (χ0) is 15.6. The Hall–Kier alpha value is -2.02. The number of methoxy groups -OCH3 is 1. The van der Waals surface area contributed by atoms with Gasteiger partial charge >= 0.3 is 0 Å². The molecule has 0 radical (unpaired) electrons. The fraction of sp³-hybridized carbons (Fsp3) is 0.357. The average Bonchev–Trinajstić information content (AvgIpc) is 2.89. The number of aryl methyl sites for hydroxylation is 1. The van der Waals surface area contributed by atoms with Gasteiger partial charge in [-0.05, 0) is 36.1 Å². The molecule has 1 N–H and O–H groups in total. The Labute approximate surface area is 124 Å². The summed E-state index contributed by atoms with van der Waals surface area (Å²) >= 11 is 0. The molecule has 1 heterocycles. The second-order valence-corrected chi connectivity index (χ2v) is 6.66. The summed E-state index contributed by atoms with van der Waals surface area (Å²) in [6, 6.07) is 4.81. The molecule has 0 aliphatic carbocycles. The predicted octanol–water partition coefficient (Wildman–Crippen LogP) is 2.92.